The van der Waals surface area contributed by atoms with Crippen LogP contribution in [0.5, 0.6) is 11.5 Å². The molecule has 10 heteroatoms. The first-order valence-corrected chi connectivity index (χ1v) is 14.5. The molecule has 1 aromatic rings. The van der Waals surface area contributed by atoms with E-state index in [0.717, 1.165) is 36.0 Å². The van der Waals surface area contributed by atoms with Crippen molar-refractivity contribution in [2.24, 2.45) is 17.3 Å². The van der Waals surface area contributed by atoms with Crippen molar-refractivity contribution < 1.29 is 47.1 Å². The number of hydrogen-bond donors (Lipinski definition) is 0. The number of esters is 2. The number of rotatable bonds is 15. The predicted octanol–water partition coefficient (Wildman–Crippen LogP) is 5.08. The van der Waals surface area contributed by atoms with Crippen molar-refractivity contribution in [3.8, 4) is 11.5 Å². The van der Waals surface area contributed by atoms with Crippen LogP contribution in [0.1, 0.15) is 75.5 Å². The minimum Gasteiger partial charge on any atom is -0.496 e. The van der Waals surface area contributed by atoms with Crippen LogP contribution in [0.25, 0.3) is 0 Å². The monoisotopic (exact) mass is 580 g/mol. The van der Waals surface area contributed by atoms with Gasteiger partial charge in [0.05, 0.1) is 51.6 Å². The third kappa shape index (κ3) is 6.49. The second-order valence-electron chi connectivity index (χ2n) is 12.2. The lowest BCUT2D eigenvalue weighted by Crippen LogP contribution is -2.60. The van der Waals surface area contributed by atoms with E-state index in [0.29, 0.717) is 44.0 Å². The maximum Gasteiger partial charge on any atom is 0.344 e. The first-order chi connectivity index (χ1) is 19.6. The average Bonchev–Trinajstić information content (AvgIpc) is 2.92. The van der Waals surface area contributed by atoms with E-state index in [2.05, 4.69) is 0 Å². The molecule has 4 aliphatic carbocycles. The number of benzene rings is 1. The van der Waals surface area contributed by atoms with E-state index in [1.807, 2.05) is 6.07 Å². The molecular weight excluding hydrogens is 535 g/mol. The summed E-state index contributed by atoms with van der Waals surface area (Å²) in [7, 11) is 6.39. The van der Waals surface area contributed by atoms with Crippen molar-refractivity contribution in [2.75, 3.05) is 41.7 Å². The van der Waals surface area contributed by atoms with E-state index in [1.165, 1.54) is 6.92 Å². The normalized spacial score (nSPS) is 27.8. The zero-order valence-corrected chi connectivity index (χ0v) is 25.3. The summed E-state index contributed by atoms with van der Waals surface area (Å²) in [5, 5.41) is 0. The summed E-state index contributed by atoms with van der Waals surface area (Å²) >= 11 is 0. The molecular formula is C31H45FO9. The maximum absolute atomic E-state index is 14.7. The zero-order chi connectivity index (χ0) is 29.8. The van der Waals surface area contributed by atoms with E-state index < -0.39 is 22.7 Å². The summed E-state index contributed by atoms with van der Waals surface area (Å²) in [6.45, 7) is 4.04. The summed E-state index contributed by atoms with van der Waals surface area (Å²) in [5.74, 6) is 0.696. The fourth-order valence-corrected chi connectivity index (χ4v) is 7.50. The van der Waals surface area contributed by atoms with Gasteiger partial charge in [-0.25, -0.2) is 9.18 Å². The van der Waals surface area contributed by atoms with Crippen LogP contribution in [0.2, 0.25) is 0 Å². The summed E-state index contributed by atoms with van der Waals surface area (Å²) in [5.41, 5.74) is -1.11. The average molecular weight is 581 g/mol. The first-order valence-electron chi connectivity index (χ1n) is 14.5. The quantitative estimate of drug-likeness (QED) is 0.208. The number of ether oxygens (including phenoxy) is 7. The van der Waals surface area contributed by atoms with Gasteiger partial charge in [-0.1, -0.05) is 6.92 Å². The summed E-state index contributed by atoms with van der Waals surface area (Å²) < 4.78 is 54.3. The molecule has 9 nitrogen and oxygen atoms in total. The highest BCUT2D eigenvalue weighted by atomic mass is 19.1. The van der Waals surface area contributed by atoms with Gasteiger partial charge in [0.2, 0.25) is 5.67 Å². The van der Waals surface area contributed by atoms with Gasteiger partial charge >= 0.3 is 11.9 Å². The molecule has 0 amide bonds. The molecule has 3 unspecified atom stereocenters. The standard InChI is InChI=1S/C31H45FO9/c1-7-29(2,32)27(33)41-31-14-20-10-21(15-31)13-30(12-20,19-31)28(34)40-9-8-39-17-23-11-22(16-35-3)25(37-5)24(18-36-4)26(23)38-6/h11,20-21H,7-10,12-19H2,1-6H3. The molecule has 5 rings (SSSR count). The molecule has 0 N–H and O–H groups in total. The third-order valence-corrected chi connectivity index (χ3v) is 9.03. The van der Waals surface area contributed by atoms with Crippen LogP contribution in [0.15, 0.2) is 6.07 Å². The number of alkyl halides is 1. The highest BCUT2D eigenvalue weighted by Crippen LogP contribution is 2.63. The van der Waals surface area contributed by atoms with Crippen molar-refractivity contribution in [1.29, 1.82) is 0 Å². The summed E-state index contributed by atoms with van der Waals surface area (Å²) in [4.78, 5) is 26.1. The van der Waals surface area contributed by atoms with Crippen molar-refractivity contribution in [3.63, 3.8) is 0 Å². The molecule has 4 fully saturated rings. The lowest BCUT2D eigenvalue weighted by Gasteiger charge is -2.60. The number of hydrogen-bond acceptors (Lipinski definition) is 9. The smallest absolute Gasteiger partial charge is 0.344 e. The van der Waals surface area contributed by atoms with Crippen LogP contribution in [-0.4, -0.2) is 64.9 Å². The Labute approximate surface area is 242 Å². The van der Waals surface area contributed by atoms with Gasteiger partial charge < -0.3 is 33.2 Å². The highest BCUT2D eigenvalue weighted by Gasteiger charge is 2.63. The van der Waals surface area contributed by atoms with Gasteiger partial charge in [0.25, 0.3) is 0 Å². The summed E-state index contributed by atoms with van der Waals surface area (Å²) in [6, 6.07) is 1.92. The molecule has 0 heterocycles. The molecule has 4 saturated carbocycles. The number of methoxy groups -OCH3 is 4. The lowest BCUT2D eigenvalue weighted by molar-refractivity contribution is -0.219. The van der Waals surface area contributed by atoms with Gasteiger partial charge in [0.1, 0.15) is 23.7 Å². The Balaban J connectivity index is 1.37. The molecule has 0 spiro atoms. The molecule has 3 atom stereocenters. The largest absolute Gasteiger partial charge is 0.496 e. The van der Waals surface area contributed by atoms with Gasteiger partial charge in [-0.3, -0.25) is 4.79 Å². The van der Waals surface area contributed by atoms with Crippen molar-refractivity contribution in [3.05, 3.63) is 22.8 Å². The Morgan fingerprint density at radius 2 is 1.54 bits per heavy atom. The number of carbonyl (C=O) groups is 2. The molecule has 0 aliphatic heterocycles. The van der Waals surface area contributed by atoms with Gasteiger partial charge in [0, 0.05) is 31.8 Å². The number of carbonyl (C=O) groups excluding carboxylic acids is 2. The van der Waals surface area contributed by atoms with Crippen molar-refractivity contribution in [1.82, 2.24) is 0 Å². The number of halogens is 1. The van der Waals surface area contributed by atoms with Crippen LogP contribution in [-0.2, 0) is 53.1 Å². The minimum absolute atomic E-state index is 0.0474. The van der Waals surface area contributed by atoms with Crippen LogP contribution >= 0.6 is 0 Å². The molecule has 41 heavy (non-hydrogen) atoms. The van der Waals surface area contributed by atoms with E-state index in [9.17, 15) is 14.0 Å². The molecule has 4 aliphatic rings. The Morgan fingerprint density at radius 3 is 2.10 bits per heavy atom. The minimum atomic E-state index is -2.03. The molecule has 1 aromatic carbocycles. The molecule has 0 saturated heterocycles. The van der Waals surface area contributed by atoms with Crippen molar-refractivity contribution in [2.45, 2.75) is 89.9 Å². The molecule has 0 aromatic heterocycles. The topological polar surface area (TPSA) is 98.8 Å². The Morgan fingerprint density at radius 1 is 0.927 bits per heavy atom. The second-order valence-corrected chi connectivity index (χ2v) is 12.2. The van der Waals surface area contributed by atoms with Crippen LogP contribution in [0.3, 0.4) is 0 Å². The third-order valence-electron chi connectivity index (χ3n) is 9.03. The fourth-order valence-electron chi connectivity index (χ4n) is 7.50. The zero-order valence-electron chi connectivity index (χ0n) is 25.3. The van der Waals surface area contributed by atoms with E-state index in [-0.39, 0.29) is 44.0 Å². The molecule has 0 radical (unpaired) electrons. The molecule has 230 valence electrons. The Hall–Kier alpha value is -2.43. The van der Waals surface area contributed by atoms with Crippen LogP contribution < -0.4 is 9.47 Å². The van der Waals surface area contributed by atoms with Gasteiger partial charge in [0.15, 0.2) is 0 Å². The van der Waals surface area contributed by atoms with Gasteiger partial charge in [-0.2, -0.15) is 0 Å². The lowest BCUT2D eigenvalue weighted by atomic mass is 9.48. The first kappa shape index (κ1) is 31.5. The van der Waals surface area contributed by atoms with E-state index in [1.54, 1.807) is 35.4 Å². The second kappa shape index (κ2) is 12.8. The van der Waals surface area contributed by atoms with Crippen LogP contribution in [0.4, 0.5) is 4.39 Å². The molecule has 4 bridgehead atoms. The SMILES string of the molecule is CCC(C)(F)C(=O)OC12CC3CC(C1)CC(C(=O)OCCOCc1cc(COC)c(OC)c(COC)c1OC)(C3)C2. The Bertz CT molecular complexity index is 1090. The fraction of sp³-hybridized carbons (Fsp3) is 0.742. The Kier molecular flexibility index (Phi) is 9.86. The summed E-state index contributed by atoms with van der Waals surface area (Å²) in [6.07, 6.45) is 4.27. The predicted molar refractivity (Wildman–Crippen MR) is 147 cm³/mol. The van der Waals surface area contributed by atoms with E-state index >= 15 is 0 Å². The van der Waals surface area contributed by atoms with Crippen LogP contribution in [0, 0.1) is 17.3 Å². The van der Waals surface area contributed by atoms with Crippen molar-refractivity contribution >= 4 is 11.9 Å². The highest BCUT2D eigenvalue weighted by molar-refractivity contribution is 5.80. The van der Waals surface area contributed by atoms with E-state index in [4.69, 9.17) is 33.2 Å². The maximum atomic E-state index is 14.7. The van der Waals surface area contributed by atoms with Gasteiger partial charge in [-0.05, 0) is 63.4 Å². The van der Waals surface area contributed by atoms with Gasteiger partial charge in [-0.15, -0.1) is 0 Å².